The summed E-state index contributed by atoms with van der Waals surface area (Å²) in [6.45, 7) is 2.05. The molecule has 4 nitrogen and oxygen atoms in total. The highest BCUT2D eigenvalue weighted by atomic mass is 19.1. The monoisotopic (exact) mass is 406 g/mol. The molecule has 6 heteroatoms. The van der Waals surface area contributed by atoms with E-state index in [1.54, 1.807) is 18.5 Å². The number of nitrogens with one attached hydrogen (secondary N) is 1. The van der Waals surface area contributed by atoms with Gasteiger partial charge in [0.2, 0.25) is 0 Å². The largest absolute Gasteiger partial charge is 0.512 e. The standard InChI is InChI=1S/C24H20F2N2O2/c1-2-3-14-6-21(16-12-27-28-13-16)24(15-8-17(25)10-18(26)9-15)22(7-14)20-5-4-19(29)11-23(20)30/h4-10,12-13,29H,2-3,11H2,1H3,(H,27,28). The lowest BCUT2D eigenvalue weighted by molar-refractivity contribution is -0.113. The summed E-state index contributed by atoms with van der Waals surface area (Å²) in [7, 11) is 0. The molecule has 1 aliphatic carbocycles. The van der Waals surface area contributed by atoms with Crippen LogP contribution in [0.4, 0.5) is 8.78 Å². The fourth-order valence-electron chi connectivity index (χ4n) is 3.81. The first-order valence-electron chi connectivity index (χ1n) is 9.72. The van der Waals surface area contributed by atoms with Gasteiger partial charge in [0, 0.05) is 23.4 Å². The molecular weight excluding hydrogens is 386 g/mol. The first kappa shape index (κ1) is 19.8. The average Bonchev–Trinajstić information content (AvgIpc) is 3.21. The number of benzene rings is 2. The number of rotatable bonds is 5. The first-order chi connectivity index (χ1) is 14.5. The van der Waals surface area contributed by atoms with E-state index in [2.05, 4.69) is 17.1 Å². The molecule has 0 aliphatic heterocycles. The Morgan fingerprint density at radius 3 is 2.40 bits per heavy atom. The lowest BCUT2D eigenvalue weighted by atomic mass is 9.83. The molecule has 1 aromatic heterocycles. The molecule has 0 atom stereocenters. The van der Waals surface area contributed by atoms with Gasteiger partial charge in [-0.25, -0.2) is 8.78 Å². The van der Waals surface area contributed by atoms with E-state index < -0.39 is 11.6 Å². The molecule has 1 heterocycles. The Morgan fingerprint density at radius 1 is 1.03 bits per heavy atom. The second-order valence-electron chi connectivity index (χ2n) is 7.30. The predicted octanol–water partition coefficient (Wildman–Crippen LogP) is 5.77. The summed E-state index contributed by atoms with van der Waals surface area (Å²) >= 11 is 0. The highest BCUT2D eigenvalue weighted by Crippen LogP contribution is 2.41. The third kappa shape index (κ3) is 3.81. The maximum atomic E-state index is 14.1. The van der Waals surface area contributed by atoms with Gasteiger partial charge in [0.1, 0.15) is 11.6 Å². The number of nitrogens with zero attached hydrogens (tertiary/aromatic N) is 1. The quantitative estimate of drug-likeness (QED) is 0.565. The number of ketones is 1. The molecule has 152 valence electrons. The Labute approximate surface area is 172 Å². The maximum absolute atomic E-state index is 14.1. The highest BCUT2D eigenvalue weighted by molar-refractivity contribution is 6.24. The molecule has 0 saturated carbocycles. The number of hydrogen-bond donors (Lipinski definition) is 2. The molecule has 0 radical (unpaired) electrons. The van der Waals surface area contributed by atoms with Gasteiger partial charge in [0.15, 0.2) is 5.78 Å². The van der Waals surface area contributed by atoms with Crippen LogP contribution in [0.3, 0.4) is 0 Å². The number of aromatic nitrogens is 2. The van der Waals surface area contributed by atoms with Gasteiger partial charge < -0.3 is 5.11 Å². The van der Waals surface area contributed by atoms with Crippen LogP contribution < -0.4 is 0 Å². The van der Waals surface area contributed by atoms with Gasteiger partial charge in [-0.05, 0) is 58.5 Å². The van der Waals surface area contributed by atoms with Crippen molar-refractivity contribution in [1.29, 1.82) is 0 Å². The summed E-state index contributed by atoms with van der Waals surface area (Å²) < 4.78 is 28.2. The van der Waals surface area contributed by atoms with E-state index in [0.29, 0.717) is 22.3 Å². The van der Waals surface area contributed by atoms with Crippen LogP contribution in [0.1, 0.15) is 30.9 Å². The van der Waals surface area contributed by atoms with Gasteiger partial charge in [0.25, 0.3) is 0 Å². The molecule has 0 amide bonds. The number of carbonyl (C=O) groups excluding carboxylic acids is 1. The number of Topliss-reactive ketones (excluding diaryl/α,β-unsaturated/α-hetero) is 1. The lowest BCUT2D eigenvalue weighted by Crippen LogP contribution is -2.09. The van der Waals surface area contributed by atoms with Gasteiger partial charge in [-0.1, -0.05) is 25.5 Å². The van der Waals surface area contributed by atoms with Crippen LogP contribution in [-0.2, 0) is 11.2 Å². The van der Waals surface area contributed by atoms with Crippen molar-refractivity contribution >= 4 is 11.4 Å². The third-order valence-electron chi connectivity index (χ3n) is 5.07. The molecule has 0 saturated heterocycles. The van der Waals surface area contributed by atoms with Crippen molar-refractivity contribution in [2.24, 2.45) is 0 Å². The number of H-pyrrole nitrogens is 1. The zero-order chi connectivity index (χ0) is 21.3. The zero-order valence-electron chi connectivity index (χ0n) is 16.4. The minimum Gasteiger partial charge on any atom is -0.512 e. The Balaban J connectivity index is 2.08. The van der Waals surface area contributed by atoms with Crippen LogP contribution in [0.2, 0.25) is 0 Å². The fraction of sp³-hybridized carbons (Fsp3) is 0.167. The number of aliphatic hydroxyl groups excluding tert-OH is 1. The van der Waals surface area contributed by atoms with Crippen LogP contribution in [0, 0.1) is 11.6 Å². The molecule has 3 aromatic rings. The minimum atomic E-state index is -0.701. The molecule has 2 aromatic carbocycles. The summed E-state index contributed by atoms with van der Waals surface area (Å²) in [5, 5.41) is 16.5. The van der Waals surface area contributed by atoms with Gasteiger partial charge >= 0.3 is 0 Å². The topological polar surface area (TPSA) is 66.0 Å². The van der Waals surface area contributed by atoms with Crippen LogP contribution in [0.25, 0.3) is 27.8 Å². The van der Waals surface area contributed by atoms with E-state index >= 15 is 0 Å². The molecule has 1 aliphatic rings. The number of carbonyl (C=O) groups is 1. The Bertz CT molecular complexity index is 1160. The minimum absolute atomic E-state index is 0.0122. The summed E-state index contributed by atoms with van der Waals surface area (Å²) in [5.74, 6) is -1.66. The fourth-order valence-corrected chi connectivity index (χ4v) is 3.81. The summed E-state index contributed by atoms with van der Waals surface area (Å²) in [6, 6.07) is 7.19. The van der Waals surface area contributed by atoms with E-state index in [4.69, 9.17) is 0 Å². The normalized spacial score (nSPS) is 13.9. The van der Waals surface area contributed by atoms with Crippen molar-refractivity contribution in [2.45, 2.75) is 26.2 Å². The van der Waals surface area contributed by atoms with Crippen molar-refractivity contribution in [3.63, 3.8) is 0 Å². The zero-order valence-corrected chi connectivity index (χ0v) is 16.4. The van der Waals surface area contributed by atoms with Gasteiger partial charge in [0.05, 0.1) is 18.4 Å². The predicted molar refractivity (Wildman–Crippen MR) is 112 cm³/mol. The Hall–Kier alpha value is -3.54. The van der Waals surface area contributed by atoms with Crippen LogP contribution in [0.15, 0.2) is 60.6 Å². The Kier molecular flexibility index (Phi) is 5.31. The second-order valence-corrected chi connectivity index (χ2v) is 7.30. The number of hydrogen-bond acceptors (Lipinski definition) is 3. The van der Waals surface area contributed by atoms with Crippen molar-refractivity contribution in [2.75, 3.05) is 0 Å². The summed E-state index contributed by atoms with van der Waals surface area (Å²) in [6.07, 6.45) is 7.95. The highest BCUT2D eigenvalue weighted by Gasteiger charge is 2.24. The number of aromatic amines is 1. The van der Waals surface area contributed by atoms with Crippen LogP contribution in [-0.4, -0.2) is 21.1 Å². The number of aryl methyl sites for hydroxylation is 1. The van der Waals surface area contributed by atoms with E-state index in [-0.39, 0.29) is 18.0 Å². The van der Waals surface area contributed by atoms with Crippen LogP contribution >= 0.6 is 0 Å². The van der Waals surface area contributed by atoms with Crippen LogP contribution in [0.5, 0.6) is 0 Å². The average molecular weight is 406 g/mol. The van der Waals surface area contributed by atoms with E-state index in [1.165, 1.54) is 18.2 Å². The van der Waals surface area contributed by atoms with Crippen molar-refractivity contribution < 1.29 is 18.7 Å². The van der Waals surface area contributed by atoms with Gasteiger partial charge in [-0.3, -0.25) is 9.89 Å². The first-order valence-corrected chi connectivity index (χ1v) is 9.72. The van der Waals surface area contributed by atoms with Crippen molar-refractivity contribution in [3.05, 3.63) is 83.4 Å². The summed E-state index contributed by atoms with van der Waals surface area (Å²) in [4.78, 5) is 12.8. The third-order valence-corrected chi connectivity index (χ3v) is 5.07. The molecular formula is C24H20F2N2O2. The smallest absolute Gasteiger partial charge is 0.170 e. The molecule has 0 bridgehead atoms. The SMILES string of the molecule is CCCc1cc(C2=CC=C(O)CC2=O)c(-c2cc(F)cc(F)c2)c(-c2cn[nH]c2)c1. The lowest BCUT2D eigenvalue weighted by Gasteiger charge is -2.20. The van der Waals surface area contributed by atoms with E-state index in [9.17, 15) is 18.7 Å². The molecule has 30 heavy (non-hydrogen) atoms. The van der Waals surface area contributed by atoms with Crippen molar-refractivity contribution in [3.8, 4) is 22.3 Å². The molecule has 0 spiro atoms. The maximum Gasteiger partial charge on any atom is 0.170 e. The van der Waals surface area contributed by atoms with Gasteiger partial charge in [-0.15, -0.1) is 0 Å². The van der Waals surface area contributed by atoms with E-state index in [0.717, 1.165) is 35.6 Å². The second kappa shape index (κ2) is 8.06. The van der Waals surface area contributed by atoms with Crippen molar-refractivity contribution in [1.82, 2.24) is 10.2 Å². The molecule has 4 rings (SSSR count). The molecule has 0 fully saturated rings. The number of aliphatic hydroxyl groups is 1. The molecule has 2 N–H and O–H groups in total. The van der Waals surface area contributed by atoms with E-state index in [1.807, 2.05) is 12.1 Å². The Morgan fingerprint density at radius 2 is 1.77 bits per heavy atom. The molecule has 0 unspecified atom stereocenters. The number of halogens is 2. The van der Waals surface area contributed by atoms with Gasteiger partial charge in [-0.2, -0.15) is 5.10 Å². The number of allylic oxidation sites excluding steroid dienone is 4. The summed E-state index contributed by atoms with van der Waals surface area (Å²) in [5.41, 5.74) is 4.32.